The van der Waals surface area contributed by atoms with E-state index in [1.165, 1.54) is 28.9 Å². The zero-order valence-electron chi connectivity index (χ0n) is 39.8. The van der Waals surface area contributed by atoms with Gasteiger partial charge in [-0.15, -0.1) is 10.2 Å². The van der Waals surface area contributed by atoms with E-state index < -0.39 is 34.9 Å². The average Bonchev–Trinajstić information content (AvgIpc) is 3.80. The first kappa shape index (κ1) is 47.2. The van der Waals surface area contributed by atoms with Crippen LogP contribution in [0.4, 0.5) is 14.6 Å². The molecule has 0 bridgehead atoms. The van der Waals surface area contributed by atoms with Crippen LogP contribution in [0, 0.1) is 38.5 Å². The van der Waals surface area contributed by atoms with Crippen LogP contribution in [-0.4, -0.2) is 104 Å². The Hall–Kier alpha value is -6.54. The second-order valence-electron chi connectivity index (χ2n) is 18.5. The lowest BCUT2D eigenvalue weighted by Gasteiger charge is -2.41. The lowest BCUT2D eigenvalue weighted by molar-refractivity contribution is 0.0635. The molecule has 0 amide bonds. The molecule has 2 fully saturated rings. The van der Waals surface area contributed by atoms with Crippen molar-refractivity contribution in [3.8, 4) is 17.4 Å². The lowest BCUT2D eigenvalue weighted by atomic mass is 9.82. The first-order valence-corrected chi connectivity index (χ1v) is 23.4. The Labute approximate surface area is 411 Å². The van der Waals surface area contributed by atoms with E-state index in [1.54, 1.807) is 61.3 Å². The van der Waals surface area contributed by atoms with Gasteiger partial charge >= 0.3 is 0 Å². The van der Waals surface area contributed by atoms with Gasteiger partial charge in [0.05, 0.1) is 76.8 Å². The summed E-state index contributed by atoms with van der Waals surface area (Å²) < 4.78 is 54.6. The topological polar surface area (TPSA) is 189 Å². The van der Waals surface area contributed by atoms with E-state index in [4.69, 9.17) is 42.4 Å². The highest BCUT2D eigenvalue weighted by molar-refractivity contribution is 6.37. The standard InChI is InChI=1S/C49H50Cl2F2N12O5/c1-24(2)70-43-41(50)31-17-30(48(67,39-20-56-61-64(39)8)37-18-54-27(5)62(37)6)12-14-35(31)58-45(43)65-21-28(22-65)40-34(49(40,52)53)23-69-44-42(51)32-16-29(11-15-36(32)59-46(44)68-9)47(66,38-19-55-60-63(38)7)33-13-10-25(3)57-26(33)4/h10-20,24,28,34,40,66-67H,21-23H2,1-9H3. The summed E-state index contributed by atoms with van der Waals surface area (Å²) in [6, 6.07) is 14.0. The molecule has 4 atom stereocenters. The first-order chi connectivity index (χ1) is 33.3. The summed E-state index contributed by atoms with van der Waals surface area (Å²) in [7, 11) is 6.59. The van der Waals surface area contributed by atoms with Crippen LogP contribution in [0.5, 0.6) is 17.4 Å². The van der Waals surface area contributed by atoms with Gasteiger partial charge in [-0.2, -0.15) is 0 Å². The minimum absolute atomic E-state index is 0.00364. The number of aromatic nitrogens is 11. The number of methoxy groups -OCH3 is 1. The molecule has 1 saturated heterocycles. The number of pyridine rings is 3. The highest BCUT2D eigenvalue weighted by atomic mass is 35.5. The smallest absolute Gasteiger partial charge is 0.258 e. The van der Waals surface area contributed by atoms with Gasteiger partial charge in [-0.25, -0.2) is 33.1 Å². The molecule has 21 heteroatoms. The second kappa shape index (κ2) is 17.1. The van der Waals surface area contributed by atoms with E-state index in [1.807, 2.05) is 58.7 Å². The number of alkyl halides is 2. The number of nitrogens with zero attached hydrogens (tertiary/aromatic N) is 12. The zero-order chi connectivity index (χ0) is 49.8. The fourth-order valence-corrected chi connectivity index (χ4v) is 10.6. The second-order valence-corrected chi connectivity index (χ2v) is 19.3. The number of aliphatic hydroxyl groups is 2. The number of rotatable bonds is 14. The van der Waals surface area contributed by atoms with Gasteiger partial charge in [-0.3, -0.25) is 4.98 Å². The number of fused-ring (bicyclic) bond motifs is 2. The van der Waals surface area contributed by atoms with Crippen LogP contribution in [-0.2, 0) is 32.3 Å². The van der Waals surface area contributed by atoms with Crippen molar-refractivity contribution in [1.29, 1.82) is 0 Å². The van der Waals surface area contributed by atoms with Crippen molar-refractivity contribution in [2.24, 2.45) is 38.9 Å². The Balaban J connectivity index is 0.913. The molecular formula is C49H50Cl2F2N12O5. The van der Waals surface area contributed by atoms with Crippen LogP contribution in [0.1, 0.15) is 64.8 Å². The van der Waals surface area contributed by atoms with Gasteiger partial charge in [0, 0.05) is 73.8 Å². The van der Waals surface area contributed by atoms with E-state index in [0.717, 1.165) is 5.69 Å². The third-order valence-corrected chi connectivity index (χ3v) is 14.6. The molecule has 8 aromatic rings. The summed E-state index contributed by atoms with van der Waals surface area (Å²) in [5.41, 5.74) is 1.47. The number of aryl methyl sites for hydroxylation is 5. The van der Waals surface area contributed by atoms with Gasteiger partial charge in [0.25, 0.3) is 11.8 Å². The molecule has 1 aliphatic heterocycles. The van der Waals surface area contributed by atoms with Crippen LogP contribution in [0.15, 0.2) is 67.1 Å². The molecule has 1 saturated carbocycles. The average molecular weight is 996 g/mol. The summed E-state index contributed by atoms with van der Waals surface area (Å²) >= 11 is 14.3. The Morgan fingerprint density at radius 1 is 0.786 bits per heavy atom. The zero-order valence-corrected chi connectivity index (χ0v) is 41.3. The molecule has 17 nitrogen and oxygen atoms in total. The minimum Gasteiger partial charge on any atom is -0.486 e. The van der Waals surface area contributed by atoms with E-state index in [0.29, 0.717) is 78.7 Å². The Bertz CT molecular complexity index is 3360. The Morgan fingerprint density at radius 3 is 1.94 bits per heavy atom. The van der Waals surface area contributed by atoms with Crippen LogP contribution in [0.3, 0.4) is 0 Å². The third-order valence-electron chi connectivity index (χ3n) is 13.9. The maximum absolute atomic E-state index is 15.9. The van der Waals surface area contributed by atoms with Crippen molar-refractivity contribution in [1.82, 2.24) is 54.5 Å². The number of halogens is 4. The summed E-state index contributed by atoms with van der Waals surface area (Å²) in [4.78, 5) is 20.6. The van der Waals surface area contributed by atoms with Crippen molar-refractivity contribution >= 4 is 50.8 Å². The number of imidazole rings is 1. The molecule has 2 N–H and O–H groups in total. The molecule has 10 rings (SSSR count). The molecule has 2 aliphatic rings. The quantitative estimate of drug-likeness (QED) is 0.112. The Morgan fingerprint density at radius 2 is 1.39 bits per heavy atom. The van der Waals surface area contributed by atoms with Crippen LogP contribution in [0.2, 0.25) is 10.0 Å². The van der Waals surface area contributed by atoms with Crippen molar-refractivity contribution in [3.63, 3.8) is 0 Å². The number of benzene rings is 2. The van der Waals surface area contributed by atoms with Crippen LogP contribution >= 0.6 is 23.2 Å². The van der Waals surface area contributed by atoms with Crippen molar-refractivity contribution in [3.05, 3.63) is 128 Å². The van der Waals surface area contributed by atoms with E-state index in [-0.39, 0.29) is 47.5 Å². The maximum Gasteiger partial charge on any atom is 0.258 e. The van der Waals surface area contributed by atoms with Gasteiger partial charge in [0.15, 0.2) is 22.8 Å². The van der Waals surface area contributed by atoms with Gasteiger partial charge in [-0.1, -0.05) is 51.8 Å². The van der Waals surface area contributed by atoms with E-state index in [9.17, 15) is 10.2 Å². The monoisotopic (exact) mass is 994 g/mol. The lowest BCUT2D eigenvalue weighted by Crippen LogP contribution is -2.49. The van der Waals surface area contributed by atoms with Gasteiger partial charge in [0.1, 0.15) is 11.5 Å². The van der Waals surface area contributed by atoms with Crippen molar-refractivity contribution < 1.29 is 33.2 Å². The van der Waals surface area contributed by atoms with E-state index in [2.05, 4.69) is 35.6 Å². The number of hydrogen-bond donors (Lipinski definition) is 2. The van der Waals surface area contributed by atoms with Crippen molar-refractivity contribution in [2.45, 2.75) is 57.8 Å². The molecular weight excluding hydrogens is 946 g/mol. The molecule has 70 heavy (non-hydrogen) atoms. The molecule has 0 spiro atoms. The molecule has 4 unspecified atom stereocenters. The fourth-order valence-electron chi connectivity index (χ4n) is 10.0. The fraction of sp³-hybridized carbons (Fsp3) is 0.388. The van der Waals surface area contributed by atoms with E-state index >= 15 is 8.78 Å². The van der Waals surface area contributed by atoms with Crippen LogP contribution < -0.4 is 19.1 Å². The summed E-state index contributed by atoms with van der Waals surface area (Å²) in [5, 5.41) is 42.8. The largest absolute Gasteiger partial charge is 0.486 e. The maximum atomic E-state index is 15.9. The number of anilines is 1. The highest BCUT2D eigenvalue weighted by Crippen LogP contribution is 2.61. The van der Waals surface area contributed by atoms with Crippen molar-refractivity contribution in [2.75, 3.05) is 31.7 Å². The Kier molecular flexibility index (Phi) is 11.5. The minimum atomic E-state index is -3.03. The van der Waals surface area contributed by atoms with Gasteiger partial charge < -0.3 is 33.9 Å². The normalized spacial score (nSPS) is 18.5. The molecule has 7 heterocycles. The third kappa shape index (κ3) is 7.38. The molecule has 2 aromatic carbocycles. The van der Waals surface area contributed by atoms with Gasteiger partial charge in [-0.05, 0) is 76.1 Å². The number of ether oxygens (including phenoxy) is 3. The SMILES string of the molecule is COc1nc2ccc(C(O)(c3ccc(C)nc3C)c3cnnn3C)cc2c(Cl)c1OCC1C(C2CN(c3nc4ccc(C(O)(c5cnnn5C)c5cnc(C)n5C)cc4c(Cl)c3OC(C)C)C2)C1(F)F. The summed E-state index contributed by atoms with van der Waals surface area (Å²) in [6.45, 7) is 9.41. The van der Waals surface area contributed by atoms with Crippen LogP contribution in [0.25, 0.3) is 21.8 Å². The number of hydrogen-bond acceptors (Lipinski definition) is 14. The molecule has 364 valence electrons. The van der Waals surface area contributed by atoms with Gasteiger partial charge in [0.2, 0.25) is 5.75 Å². The molecule has 0 radical (unpaired) electrons. The summed E-state index contributed by atoms with van der Waals surface area (Å²) in [6.07, 6.45) is 4.29. The molecule has 6 aromatic heterocycles. The predicted molar refractivity (Wildman–Crippen MR) is 257 cm³/mol. The predicted octanol–water partition coefficient (Wildman–Crippen LogP) is 7.16. The first-order valence-electron chi connectivity index (χ1n) is 22.6. The highest BCUT2D eigenvalue weighted by Gasteiger charge is 2.72. The summed E-state index contributed by atoms with van der Waals surface area (Å²) in [5.74, 6) is -4.11. The molecule has 1 aliphatic carbocycles.